The molecule has 0 fully saturated rings. The van der Waals surface area contributed by atoms with Crippen molar-refractivity contribution in [2.24, 2.45) is 0 Å². The average molecular weight is 477 g/mol. The first kappa shape index (κ1) is 23.1. The SMILES string of the molecule is C=CCOC(=O)C1=C(C)Nc2sc(C(=O)c3ccccc3)c(N)c2C1c1ccc(O)c(OC)c1. The van der Waals surface area contributed by atoms with E-state index in [1.54, 1.807) is 43.3 Å². The second kappa shape index (κ2) is 9.44. The molecule has 0 saturated heterocycles. The number of esters is 1. The fourth-order valence-corrected chi connectivity index (χ4v) is 5.19. The molecule has 0 spiro atoms. The molecule has 4 rings (SSSR count). The summed E-state index contributed by atoms with van der Waals surface area (Å²) >= 11 is 1.24. The number of ketones is 1. The molecule has 0 amide bonds. The maximum Gasteiger partial charge on any atom is 0.337 e. The fraction of sp³-hybridized carbons (Fsp3) is 0.154. The standard InChI is InChI=1S/C26H24N2O5S/c1-4-12-33-26(31)19-14(2)28-25-21(20(19)16-10-11-17(29)18(13-16)32-3)22(27)24(34-25)23(30)15-8-6-5-7-9-15/h4-11,13,20,28-29H,1,12,27H2,2-3H3. The molecule has 0 radical (unpaired) electrons. The molecular weight excluding hydrogens is 452 g/mol. The van der Waals surface area contributed by atoms with Gasteiger partial charge in [0.15, 0.2) is 11.5 Å². The Morgan fingerprint density at radius 1 is 1.24 bits per heavy atom. The summed E-state index contributed by atoms with van der Waals surface area (Å²) in [7, 11) is 1.45. The third-order valence-corrected chi connectivity index (χ3v) is 6.73. The van der Waals surface area contributed by atoms with Crippen LogP contribution in [0.15, 0.2) is 72.5 Å². The number of nitrogen functional groups attached to an aromatic ring is 1. The molecule has 34 heavy (non-hydrogen) atoms. The van der Waals surface area contributed by atoms with E-state index in [9.17, 15) is 14.7 Å². The summed E-state index contributed by atoms with van der Waals surface area (Å²) in [6.45, 7) is 5.42. The Bertz CT molecular complexity index is 1310. The smallest absolute Gasteiger partial charge is 0.337 e. The van der Waals surface area contributed by atoms with Crippen molar-refractivity contribution in [1.29, 1.82) is 0 Å². The lowest BCUT2D eigenvalue weighted by molar-refractivity contribution is -0.138. The monoisotopic (exact) mass is 476 g/mol. The van der Waals surface area contributed by atoms with Gasteiger partial charge in [-0.3, -0.25) is 4.79 Å². The van der Waals surface area contributed by atoms with E-state index in [4.69, 9.17) is 15.2 Å². The maximum atomic E-state index is 13.2. The predicted molar refractivity (Wildman–Crippen MR) is 133 cm³/mol. The number of rotatable bonds is 7. The number of carbonyl (C=O) groups excluding carboxylic acids is 2. The van der Waals surface area contributed by atoms with Gasteiger partial charge in [-0.2, -0.15) is 0 Å². The number of hydrogen-bond acceptors (Lipinski definition) is 8. The minimum absolute atomic E-state index is 0.0323. The summed E-state index contributed by atoms with van der Waals surface area (Å²) in [5.74, 6) is -1.15. The van der Waals surface area contributed by atoms with Crippen LogP contribution >= 0.6 is 11.3 Å². The van der Waals surface area contributed by atoms with Gasteiger partial charge in [0, 0.05) is 22.7 Å². The first-order valence-electron chi connectivity index (χ1n) is 10.5. The van der Waals surface area contributed by atoms with Crippen LogP contribution in [0.1, 0.15) is 39.2 Å². The molecule has 1 unspecified atom stereocenters. The molecule has 0 aliphatic carbocycles. The molecule has 4 N–H and O–H groups in total. The van der Waals surface area contributed by atoms with Gasteiger partial charge < -0.3 is 25.6 Å². The third kappa shape index (κ3) is 4.04. The van der Waals surface area contributed by atoms with E-state index in [2.05, 4.69) is 11.9 Å². The summed E-state index contributed by atoms with van der Waals surface area (Å²) in [6, 6.07) is 13.7. The Morgan fingerprint density at radius 3 is 2.65 bits per heavy atom. The van der Waals surface area contributed by atoms with Crippen LogP contribution < -0.4 is 15.8 Å². The number of allylic oxidation sites excluding steroid dienone is 1. The summed E-state index contributed by atoms with van der Waals surface area (Å²) < 4.78 is 10.7. The number of carbonyl (C=O) groups is 2. The number of anilines is 2. The lowest BCUT2D eigenvalue weighted by Crippen LogP contribution is -2.24. The van der Waals surface area contributed by atoms with E-state index >= 15 is 0 Å². The van der Waals surface area contributed by atoms with E-state index in [1.165, 1.54) is 30.6 Å². The molecular formula is C26H24N2O5S. The molecule has 8 heteroatoms. The highest BCUT2D eigenvalue weighted by molar-refractivity contribution is 7.19. The molecule has 0 saturated carbocycles. The van der Waals surface area contributed by atoms with E-state index < -0.39 is 11.9 Å². The van der Waals surface area contributed by atoms with Gasteiger partial charge in [0.05, 0.1) is 23.4 Å². The number of nitrogens with one attached hydrogen (secondary N) is 1. The number of methoxy groups -OCH3 is 1. The zero-order valence-corrected chi connectivity index (χ0v) is 19.6. The topological polar surface area (TPSA) is 111 Å². The summed E-state index contributed by atoms with van der Waals surface area (Å²) in [5, 5.41) is 14.0. The number of ether oxygens (including phenoxy) is 2. The Balaban J connectivity index is 1.90. The van der Waals surface area contributed by atoms with Crippen molar-refractivity contribution in [1.82, 2.24) is 0 Å². The highest BCUT2D eigenvalue weighted by atomic mass is 32.1. The van der Waals surface area contributed by atoms with Crippen molar-refractivity contribution < 1.29 is 24.2 Å². The molecule has 7 nitrogen and oxygen atoms in total. The van der Waals surface area contributed by atoms with Gasteiger partial charge in [0.25, 0.3) is 0 Å². The van der Waals surface area contributed by atoms with Crippen LogP contribution in [0.2, 0.25) is 0 Å². The van der Waals surface area contributed by atoms with Crippen LogP contribution in [0.3, 0.4) is 0 Å². The zero-order valence-electron chi connectivity index (χ0n) is 18.8. The lowest BCUT2D eigenvalue weighted by atomic mass is 9.81. The van der Waals surface area contributed by atoms with Crippen molar-refractivity contribution in [3.05, 3.63) is 94.0 Å². The number of thiophene rings is 1. The van der Waals surface area contributed by atoms with E-state index in [-0.39, 0.29) is 23.9 Å². The summed E-state index contributed by atoms with van der Waals surface area (Å²) in [6.07, 6.45) is 1.49. The van der Waals surface area contributed by atoms with Crippen molar-refractivity contribution in [3.63, 3.8) is 0 Å². The van der Waals surface area contributed by atoms with Crippen LogP contribution in [0.4, 0.5) is 10.7 Å². The minimum atomic E-state index is -0.642. The van der Waals surface area contributed by atoms with Gasteiger partial charge >= 0.3 is 5.97 Å². The Kier molecular flexibility index (Phi) is 6.43. The van der Waals surface area contributed by atoms with Crippen LogP contribution in [0.5, 0.6) is 11.5 Å². The van der Waals surface area contributed by atoms with E-state index in [0.29, 0.717) is 43.5 Å². The minimum Gasteiger partial charge on any atom is -0.504 e. The van der Waals surface area contributed by atoms with Gasteiger partial charge in [-0.05, 0) is 24.6 Å². The number of nitrogens with two attached hydrogens (primary N) is 1. The lowest BCUT2D eigenvalue weighted by Gasteiger charge is -2.28. The van der Waals surface area contributed by atoms with Crippen LogP contribution in [0.25, 0.3) is 0 Å². The Labute approximate surface area is 201 Å². The summed E-state index contributed by atoms with van der Waals surface area (Å²) in [5.41, 5.74) is 9.58. The van der Waals surface area contributed by atoms with Crippen molar-refractivity contribution in [2.45, 2.75) is 12.8 Å². The highest BCUT2D eigenvalue weighted by Crippen LogP contribution is 2.51. The molecule has 3 aromatic rings. The number of hydrogen-bond donors (Lipinski definition) is 3. The van der Waals surface area contributed by atoms with Crippen molar-refractivity contribution in [3.8, 4) is 11.5 Å². The van der Waals surface area contributed by atoms with E-state index in [1.807, 2.05) is 6.07 Å². The van der Waals surface area contributed by atoms with Gasteiger partial charge in [-0.15, -0.1) is 11.3 Å². The highest BCUT2D eigenvalue weighted by Gasteiger charge is 2.38. The Morgan fingerprint density at radius 2 is 1.97 bits per heavy atom. The largest absolute Gasteiger partial charge is 0.504 e. The molecule has 2 aromatic carbocycles. The zero-order chi connectivity index (χ0) is 24.4. The Hall–Kier alpha value is -4.04. The van der Waals surface area contributed by atoms with Gasteiger partial charge in [-0.25, -0.2) is 4.79 Å². The third-order valence-electron chi connectivity index (χ3n) is 5.60. The van der Waals surface area contributed by atoms with Crippen LogP contribution in [-0.2, 0) is 9.53 Å². The molecule has 1 aromatic heterocycles. The second-order valence-corrected chi connectivity index (χ2v) is 8.72. The summed E-state index contributed by atoms with van der Waals surface area (Å²) in [4.78, 5) is 26.7. The number of aromatic hydroxyl groups is 1. The van der Waals surface area contributed by atoms with E-state index in [0.717, 1.165) is 0 Å². The quantitative estimate of drug-likeness (QED) is 0.254. The second-order valence-electron chi connectivity index (χ2n) is 7.70. The predicted octanol–water partition coefficient (Wildman–Crippen LogP) is 4.84. The first-order chi connectivity index (χ1) is 16.4. The number of benzene rings is 2. The number of phenols is 1. The van der Waals surface area contributed by atoms with Crippen molar-refractivity contribution >= 4 is 33.8 Å². The molecule has 2 heterocycles. The average Bonchev–Trinajstić information content (AvgIpc) is 3.17. The maximum absolute atomic E-state index is 13.2. The van der Waals surface area contributed by atoms with Crippen molar-refractivity contribution in [2.75, 3.05) is 24.8 Å². The molecule has 174 valence electrons. The van der Waals surface area contributed by atoms with Crippen LogP contribution in [-0.4, -0.2) is 30.6 Å². The van der Waals surface area contributed by atoms with Gasteiger partial charge in [-0.1, -0.05) is 49.1 Å². The molecule has 1 atom stereocenters. The van der Waals surface area contributed by atoms with Gasteiger partial charge in [0.2, 0.25) is 5.78 Å². The number of phenolic OH excluding ortho intramolecular Hbond substituents is 1. The molecule has 1 aliphatic rings. The molecule has 1 aliphatic heterocycles. The fourth-order valence-electron chi connectivity index (χ4n) is 4.01. The van der Waals surface area contributed by atoms with Crippen LogP contribution in [0, 0.1) is 0 Å². The number of fused-ring (bicyclic) bond motifs is 1. The molecule has 0 bridgehead atoms. The van der Waals surface area contributed by atoms with Gasteiger partial charge in [0.1, 0.15) is 11.5 Å². The normalized spacial score (nSPS) is 14.7. The first-order valence-corrected chi connectivity index (χ1v) is 11.3.